The van der Waals surface area contributed by atoms with Gasteiger partial charge in [0.05, 0.1) is 18.8 Å². The first-order valence-corrected chi connectivity index (χ1v) is 6.43. The zero-order valence-corrected chi connectivity index (χ0v) is 12.1. The fourth-order valence-corrected chi connectivity index (χ4v) is 2.20. The number of halogens is 2. The Kier molecular flexibility index (Phi) is 4.44. The maximum atomic E-state index is 13.9. The lowest BCUT2D eigenvalue weighted by atomic mass is 10.0. The molecule has 0 radical (unpaired) electrons. The molecule has 6 heteroatoms. The minimum absolute atomic E-state index is 0.292. The molecule has 0 saturated carbocycles. The highest BCUT2D eigenvalue weighted by Crippen LogP contribution is 2.26. The maximum Gasteiger partial charge on any atom is 0.216 e. The Morgan fingerprint density at radius 3 is 2.79 bits per heavy atom. The predicted octanol–water partition coefficient (Wildman–Crippen LogP) is 2.70. The Morgan fingerprint density at radius 2 is 2.11 bits per heavy atom. The number of ether oxygens (including phenoxy) is 1. The van der Waals surface area contributed by atoms with Gasteiger partial charge in [0.2, 0.25) is 5.88 Å². The molecular weight excluding hydrogens is 313 g/mol. The first-order valence-electron chi connectivity index (χ1n) is 5.64. The van der Waals surface area contributed by atoms with Crippen molar-refractivity contribution < 1.29 is 9.13 Å². The van der Waals surface area contributed by atoms with Gasteiger partial charge in [-0.05, 0) is 25.2 Å². The number of methoxy groups -OCH3 is 1. The molecule has 0 aliphatic heterocycles. The smallest absolute Gasteiger partial charge is 0.216 e. The summed E-state index contributed by atoms with van der Waals surface area (Å²) in [5.74, 6) is 0.154. The molecule has 1 unspecified atom stereocenters. The average molecular weight is 326 g/mol. The first-order chi connectivity index (χ1) is 9.15. The van der Waals surface area contributed by atoms with Crippen LogP contribution in [0.1, 0.15) is 17.3 Å². The molecule has 0 spiro atoms. The molecule has 100 valence electrons. The average Bonchev–Trinajstić information content (AvgIpc) is 2.44. The zero-order valence-electron chi connectivity index (χ0n) is 10.5. The third-order valence-electron chi connectivity index (χ3n) is 2.73. The lowest BCUT2D eigenvalue weighted by molar-refractivity contribution is 0.395. The standard InChI is InChI=1S/C13H13BrFN3O/c1-16-13(9-5-8(14)3-4-10(9)15)11-6-12(19-2)18-7-17-11/h3-7,13,16H,1-2H3. The number of hydrogen-bond donors (Lipinski definition) is 1. The van der Waals surface area contributed by atoms with Gasteiger partial charge in [-0.2, -0.15) is 0 Å². The van der Waals surface area contributed by atoms with Crippen molar-refractivity contribution >= 4 is 15.9 Å². The van der Waals surface area contributed by atoms with Gasteiger partial charge in [-0.15, -0.1) is 0 Å². The SMILES string of the molecule is CNC(c1cc(OC)ncn1)c1cc(Br)ccc1F. The molecule has 4 nitrogen and oxygen atoms in total. The van der Waals surface area contributed by atoms with E-state index in [1.807, 2.05) is 0 Å². The summed E-state index contributed by atoms with van der Waals surface area (Å²) in [4.78, 5) is 8.11. The van der Waals surface area contributed by atoms with E-state index in [1.165, 1.54) is 19.5 Å². The Balaban J connectivity index is 2.46. The van der Waals surface area contributed by atoms with Crippen LogP contribution in [0.4, 0.5) is 4.39 Å². The molecule has 2 aromatic rings. The van der Waals surface area contributed by atoms with Crippen molar-refractivity contribution in [1.82, 2.24) is 15.3 Å². The van der Waals surface area contributed by atoms with Crippen LogP contribution in [-0.4, -0.2) is 24.1 Å². The molecule has 2 rings (SSSR count). The van der Waals surface area contributed by atoms with Crippen molar-refractivity contribution in [3.05, 3.63) is 52.1 Å². The van der Waals surface area contributed by atoms with Gasteiger partial charge >= 0.3 is 0 Å². The second kappa shape index (κ2) is 6.08. The van der Waals surface area contributed by atoms with Gasteiger partial charge in [0.1, 0.15) is 12.1 Å². The minimum atomic E-state index is -0.366. The van der Waals surface area contributed by atoms with E-state index < -0.39 is 0 Å². The quantitative estimate of drug-likeness (QED) is 0.938. The van der Waals surface area contributed by atoms with Crippen molar-refractivity contribution in [2.45, 2.75) is 6.04 Å². The molecule has 19 heavy (non-hydrogen) atoms. The van der Waals surface area contributed by atoms with Crippen LogP contribution in [0.15, 0.2) is 35.1 Å². The highest BCUT2D eigenvalue weighted by molar-refractivity contribution is 9.10. The van der Waals surface area contributed by atoms with E-state index >= 15 is 0 Å². The van der Waals surface area contributed by atoms with Crippen LogP contribution in [0, 0.1) is 5.82 Å². The minimum Gasteiger partial charge on any atom is -0.481 e. The van der Waals surface area contributed by atoms with Crippen LogP contribution < -0.4 is 10.1 Å². The molecule has 0 bridgehead atoms. The van der Waals surface area contributed by atoms with Crippen LogP contribution >= 0.6 is 15.9 Å². The highest BCUT2D eigenvalue weighted by atomic mass is 79.9. The van der Waals surface area contributed by atoms with E-state index in [4.69, 9.17) is 4.74 Å². The molecule has 1 aromatic heterocycles. The van der Waals surface area contributed by atoms with E-state index in [9.17, 15) is 4.39 Å². The first kappa shape index (κ1) is 13.9. The summed E-state index contributed by atoms with van der Waals surface area (Å²) in [5.41, 5.74) is 1.16. The number of aromatic nitrogens is 2. The third-order valence-corrected chi connectivity index (χ3v) is 3.22. The van der Waals surface area contributed by atoms with E-state index in [2.05, 4.69) is 31.2 Å². The molecule has 0 fully saturated rings. The van der Waals surface area contributed by atoms with E-state index in [0.29, 0.717) is 17.1 Å². The Morgan fingerprint density at radius 1 is 1.32 bits per heavy atom. The fourth-order valence-electron chi connectivity index (χ4n) is 1.82. The van der Waals surface area contributed by atoms with Gasteiger partial charge in [-0.3, -0.25) is 0 Å². The molecule has 1 aromatic carbocycles. The van der Waals surface area contributed by atoms with Crippen LogP contribution in [0.5, 0.6) is 5.88 Å². The zero-order chi connectivity index (χ0) is 13.8. The predicted molar refractivity (Wildman–Crippen MR) is 73.6 cm³/mol. The van der Waals surface area contributed by atoms with Crippen molar-refractivity contribution in [1.29, 1.82) is 0 Å². The molecule has 0 saturated heterocycles. The number of benzene rings is 1. The summed E-state index contributed by atoms with van der Waals surface area (Å²) < 4.78 is 19.8. The van der Waals surface area contributed by atoms with Crippen molar-refractivity contribution in [2.75, 3.05) is 14.2 Å². The molecule has 1 heterocycles. The highest BCUT2D eigenvalue weighted by Gasteiger charge is 2.18. The Bertz CT molecular complexity index is 580. The normalized spacial score (nSPS) is 12.2. The second-order valence-corrected chi connectivity index (χ2v) is 4.79. The second-order valence-electron chi connectivity index (χ2n) is 3.87. The Hall–Kier alpha value is -1.53. The van der Waals surface area contributed by atoms with Gasteiger partial charge in [0, 0.05) is 16.1 Å². The largest absolute Gasteiger partial charge is 0.481 e. The van der Waals surface area contributed by atoms with Gasteiger partial charge in [0.15, 0.2) is 0 Å². The Labute approximate surface area is 119 Å². The van der Waals surface area contributed by atoms with Gasteiger partial charge in [-0.1, -0.05) is 15.9 Å². The summed E-state index contributed by atoms with van der Waals surface area (Å²) >= 11 is 3.34. The number of nitrogens with one attached hydrogen (secondary N) is 1. The van der Waals surface area contributed by atoms with Crippen molar-refractivity contribution in [3.8, 4) is 5.88 Å². The molecule has 0 aliphatic rings. The van der Waals surface area contributed by atoms with Gasteiger partial charge in [0.25, 0.3) is 0 Å². The topological polar surface area (TPSA) is 47.0 Å². The van der Waals surface area contributed by atoms with E-state index in [0.717, 1.165) is 4.47 Å². The summed E-state index contributed by atoms with van der Waals surface area (Å²) in [7, 11) is 3.28. The molecule has 1 N–H and O–H groups in total. The summed E-state index contributed by atoms with van der Waals surface area (Å²) in [6, 6.07) is 6.12. The van der Waals surface area contributed by atoms with Crippen molar-refractivity contribution in [3.63, 3.8) is 0 Å². The maximum absolute atomic E-state index is 13.9. The van der Waals surface area contributed by atoms with Gasteiger partial charge in [-0.25, -0.2) is 14.4 Å². The molecule has 1 atom stereocenters. The summed E-state index contributed by atoms with van der Waals surface area (Å²) in [6.45, 7) is 0. The fraction of sp³-hybridized carbons (Fsp3) is 0.231. The number of hydrogen-bond acceptors (Lipinski definition) is 4. The van der Waals surface area contributed by atoms with Crippen LogP contribution in [0.25, 0.3) is 0 Å². The number of rotatable bonds is 4. The number of nitrogens with zero attached hydrogens (tertiary/aromatic N) is 2. The van der Waals surface area contributed by atoms with E-state index in [1.54, 1.807) is 25.2 Å². The lowest BCUT2D eigenvalue weighted by Gasteiger charge is -2.17. The van der Waals surface area contributed by atoms with Crippen LogP contribution in [0.2, 0.25) is 0 Å². The van der Waals surface area contributed by atoms with Crippen molar-refractivity contribution in [2.24, 2.45) is 0 Å². The summed E-state index contributed by atoms with van der Waals surface area (Å²) in [6.07, 6.45) is 1.40. The monoisotopic (exact) mass is 325 g/mol. The van der Waals surface area contributed by atoms with Crippen LogP contribution in [-0.2, 0) is 0 Å². The summed E-state index contributed by atoms with van der Waals surface area (Å²) in [5, 5.41) is 3.05. The molecule has 0 aliphatic carbocycles. The molecule has 0 amide bonds. The van der Waals surface area contributed by atoms with Crippen LogP contribution in [0.3, 0.4) is 0 Å². The van der Waals surface area contributed by atoms with E-state index in [-0.39, 0.29) is 11.9 Å². The lowest BCUT2D eigenvalue weighted by Crippen LogP contribution is -2.20. The third kappa shape index (κ3) is 3.08. The van der Waals surface area contributed by atoms with Gasteiger partial charge < -0.3 is 10.1 Å². The molecular formula is C13H13BrFN3O.